The van der Waals surface area contributed by atoms with Gasteiger partial charge in [-0.15, -0.1) is 0 Å². The topological polar surface area (TPSA) is 67.9 Å². The van der Waals surface area contributed by atoms with Crippen LogP contribution in [0.2, 0.25) is 5.02 Å². The first-order valence-corrected chi connectivity index (χ1v) is 8.04. The van der Waals surface area contributed by atoms with E-state index in [0.717, 1.165) is 0 Å². The van der Waals surface area contributed by atoms with Gasteiger partial charge in [0.25, 0.3) is 11.8 Å². The van der Waals surface area contributed by atoms with Gasteiger partial charge in [0, 0.05) is 17.8 Å². The summed E-state index contributed by atoms with van der Waals surface area (Å²) in [5, 5.41) is 3.19. The lowest BCUT2D eigenvalue weighted by atomic mass is 10.1. The monoisotopic (exact) mass is 360 g/mol. The van der Waals surface area contributed by atoms with E-state index < -0.39 is 0 Å². The van der Waals surface area contributed by atoms with Crippen molar-refractivity contribution in [2.24, 2.45) is 0 Å². The smallest absolute Gasteiger partial charge is 0.259 e. The number of likely N-dealkylation sites (N-methyl/N-ethyl adjacent to an activating group) is 1. The second-order valence-electron chi connectivity index (χ2n) is 5.58. The Morgan fingerprint density at radius 2 is 2.08 bits per heavy atom. The summed E-state index contributed by atoms with van der Waals surface area (Å²) in [6.07, 6.45) is 0. The van der Waals surface area contributed by atoms with Gasteiger partial charge in [-0.05, 0) is 36.4 Å². The Balaban J connectivity index is 1.89. The fourth-order valence-corrected chi connectivity index (χ4v) is 2.73. The van der Waals surface area contributed by atoms with E-state index in [1.165, 1.54) is 13.2 Å². The molecule has 2 amide bonds. The summed E-state index contributed by atoms with van der Waals surface area (Å²) in [6, 6.07) is 9.77. The number of anilines is 1. The van der Waals surface area contributed by atoms with E-state index in [-0.39, 0.29) is 11.8 Å². The van der Waals surface area contributed by atoms with Crippen molar-refractivity contribution in [2.75, 3.05) is 32.6 Å². The van der Waals surface area contributed by atoms with Gasteiger partial charge in [-0.25, -0.2) is 0 Å². The van der Waals surface area contributed by atoms with E-state index in [9.17, 15) is 9.59 Å². The number of carbonyl (C=O) groups is 2. The molecule has 2 aromatic carbocycles. The lowest BCUT2D eigenvalue weighted by Gasteiger charge is -2.14. The van der Waals surface area contributed by atoms with E-state index in [1.807, 2.05) is 0 Å². The second kappa shape index (κ2) is 7.03. The molecule has 0 saturated carbocycles. The molecule has 2 aromatic rings. The van der Waals surface area contributed by atoms with E-state index in [2.05, 4.69) is 5.32 Å². The number of fused-ring (bicyclic) bond motifs is 1. The zero-order valence-corrected chi connectivity index (χ0v) is 14.6. The number of amides is 2. The fourth-order valence-electron chi connectivity index (χ4n) is 2.56. The molecule has 25 heavy (non-hydrogen) atoms. The summed E-state index contributed by atoms with van der Waals surface area (Å²) in [5.74, 6) is 0.391. The summed E-state index contributed by atoms with van der Waals surface area (Å²) < 4.78 is 10.8. The summed E-state index contributed by atoms with van der Waals surface area (Å²) in [4.78, 5) is 26.5. The van der Waals surface area contributed by atoms with Crippen LogP contribution in [0.3, 0.4) is 0 Å². The highest BCUT2D eigenvalue weighted by atomic mass is 35.5. The Bertz CT molecular complexity index is 838. The second-order valence-corrected chi connectivity index (χ2v) is 6.02. The molecular weight excluding hydrogens is 344 g/mol. The van der Waals surface area contributed by atoms with Gasteiger partial charge in [-0.3, -0.25) is 9.59 Å². The molecule has 0 unspecified atom stereocenters. The molecule has 0 spiro atoms. The summed E-state index contributed by atoms with van der Waals surface area (Å²) in [7, 11) is 3.19. The van der Waals surface area contributed by atoms with Crippen LogP contribution in [0.5, 0.6) is 11.5 Å². The van der Waals surface area contributed by atoms with E-state index in [4.69, 9.17) is 21.1 Å². The minimum absolute atomic E-state index is 0.149. The van der Waals surface area contributed by atoms with Crippen molar-refractivity contribution in [3.05, 3.63) is 52.5 Å². The van der Waals surface area contributed by atoms with Crippen molar-refractivity contribution in [2.45, 2.75) is 0 Å². The highest BCUT2D eigenvalue weighted by Gasteiger charge is 2.22. The number of carbonyl (C=O) groups excluding carboxylic acids is 2. The highest BCUT2D eigenvalue weighted by Crippen LogP contribution is 2.28. The molecule has 0 bridgehead atoms. The summed E-state index contributed by atoms with van der Waals surface area (Å²) in [6.45, 7) is 0.940. The zero-order valence-electron chi connectivity index (χ0n) is 13.8. The molecule has 1 aliphatic heterocycles. The standard InChI is InChI=1S/C18H17ClN2O4/c1-21-7-8-25-16-6-4-12(10-14(16)18(21)23)20-17(22)13-9-11(19)3-5-15(13)24-2/h3-6,9-10H,7-8H2,1-2H3,(H,20,22). The number of halogens is 1. The van der Waals surface area contributed by atoms with E-state index >= 15 is 0 Å². The molecular formula is C18H17ClN2O4. The minimum Gasteiger partial charge on any atom is -0.496 e. The largest absolute Gasteiger partial charge is 0.496 e. The van der Waals surface area contributed by atoms with Crippen LogP contribution in [0.15, 0.2) is 36.4 Å². The quantitative estimate of drug-likeness (QED) is 0.913. The lowest BCUT2D eigenvalue weighted by molar-refractivity contribution is 0.0796. The number of rotatable bonds is 3. The number of hydrogen-bond acceptors (Lipinski definition) is 4. The van der Waals surface area contributed by atoms with Crippen LogP contribution in [0, 0.1) is 0 Å². The summed E-state index contributed by atoms with van der Waals surface area (Å²) in [5.41, 5.74) is 1.21. The SMILES string of the molecule is COc1ccc(Cl)cc1C(=O)Nc1ccc2c(c1)C(=O)N(C)CCO2. The Hall–Kier alpha value is -2.73. The number of hydrogen-bond donors (Lipinski definition) is 1. The maximum absolute atomic E-state index is 12.6. The van der Waals surface area contributed by atoms with Gasteiger partial charge in [-0.1, -0.05) is 11.6 Å². The van der Waals surface area contributed by atoms with Crippen molar-refractivity contribution in [1.82, 2.24) is 4.90 Å². The van der Waals surface area contributed by atoms with E-state index in [1.54, 1.807) is 42.3 Å². The van der Waals surface area contributed by atoms with Crippen LogP contribution in [0.1, 0.15) is 20.7 Å². The Morgan fingerprint density at radius 1 is 1.28 bits per heavy atom. The molecule has 1 N–H and O–H groups in total. The zero-order chi connectivity index (χ0) is 18.0. The predicted molar refractivity (Wildman–Crippen MR) is 94.9 cm³/mol. The Kier molecular flexibility index (Phi) is 4.81. The van der Waals surface area contributed by atoms with Crippen LogP contribution >= 0.6 is 11.6 Å². The van der Waals surface area contributed by atoms with Crippen molar-refractivity contribution in [1.29, 1.82) is 0 Å². The lowest BCUT2D eigenvalue weighted by Crippen LogP contribution is -2.27. The molecule has 0 aromatic heterocycles. The van der Waals surface area contributed by atoms with Gasteiger partial charge in [0.1, 0.15) is 18.1 Å². The average Bonchev–Trinajstić information content (AvgIpc) is 2.74. The molecule has 7 heteroatoms. The first kappa shape index (κ1) is 17.1. The van der Waals surface area contributed by atoms with Crippen LogP contribution in [0.4, 0.5) is 5.69 Å². The third-order valence-corrected chi connectivity index (χ3v) is 4.14. The predicted octanol–water partition coefficient (Wildman–Crippen LogP) is 3.07. The maximum atomic E-state index is 12.6. The molecule has 3 rings (SSSR count). The summed E-state index contributed by atoms with van der Waals surface area (Å²) >= 11 is 5.97. The van der Waals surface area contributed by atoms with Gasteiger partial charge in [0.05, 0.1) is 24.8 Å². The van der Waals surface area contributed by atoms with Crippen molar-refractivity contribution in [3.63, 3.8) is 0 Å². The average molecular weight is 361 g/mol. The fraction of sp³-hybridized carbons (Fsp3) is 0.222. The van der Waals surface area contributed by atoms with Gasteiger partial charge >= 0.3 is 0 Å². The molecule has 130 valence electrons. The molecule has 0 atom stereocenters. The first-order chi connectivity index (χ1) is 12.0. The number of nitrogens with one attached hydrogen (secondary N) is 1. The molecule has 1 heterocycles. The van der Waals surface area contributed by atoms with Gasteiger partial charge in [0.15, 0.2) is 0 Å². The third-order valence-electron chi connectivity index (χ3n) is 3.90. The normalized spacial score (nSPS) is 13.6. The molecule has 6 nitrogen and oxygen atoms in total. The van der Waals surface area contributed by atoms with Crippen LogP contribution in [0.25, 0.3) is 0 Å². The first-order valence-electron chi connectivity index (χ1n) is 7.67. The highest BCUT2D eigenvalue weighted by molar-refractivity contribution is 6.31. The van der Waals surface area contributed by atoms with Gasteiger partial charge in [-0.2, -0.15) is 0 Å². The number of nitrogens with zero attached hydrogens (tertiary/aromatic N) is 1. The third kappa shape index (κ3) is 3.53. The van der Waals surface area contributed by atoms with Crippen LogP contribution < -0.4 is 14.8 Å². The molecule has 0 saturated heterocycles. The molecule has 1 aliphatic rings. The maximum Gasteiger partial charge on any atom is 0.259 e. The molecule has 0 radical (unpaired) electrons. The minimum atomic E-state index is -0.380. The molecule has 0 aliphatic carbocycles. The van der Waals surface area contributed by atoms with Crippen molar-refractivity contribution in [3.8, 4) is 11.5 Å². The number of benzene rings is 2. The molecule has 0 fully saturated rings. The van der Waals surface area contributed by atoms with Crippen LogP contribution in [-0.4, -0.2) is 44.0 Å². The Morgan fingerprint density at radius 3 is 2.84 bits per heavy atom. The Labute approximate surface area is 150 Å². The van der Waals surface area contributed by atoms with Gasteiger partial charge in [0.2, 0.25) is 0 Å². The van der Waals surface area contributed by atoms with Crippen LogP contribution in [-0.2, 0) is 0 Å². The van der Waals surface area contributed by atoms with Crippen molar-refractivity contribution < 1.29 is 19.1 Å². The number of methoxy groups -OCH3 is 1. The number of ether oxygens (including phenoxy) is 2. The van der Waals surface area contributed by atoms with E-state index in [0.29, 0.717) is 46.5 Å². The van der Waals surface area contributed by atoms with Crippen molar-refractivity contribution >= 4 is 29.1 Å². The van der Waals surface area contributed by atoms with Gasteiger partial charge < -0.3 is 19.7 Å².